The first kappa shape index (κ1) is 13.5. The van der Waals surface area contributed by atoms with Crippen molar-refractivity contribution in [3.63, 3.8) is 0 Å². The van der Waals surface area contributed by atoms with Gasteiger partial charge in [-0.15, -0.1) is 11.6 Å². The van der Waals surface area contributed by atoms with Crippen molar-refractivity contribution >= 4 is 17.7 Å². The topological polar surface area (TPSA) is 29.5 Å². The van der Waals surface area contributed by atoms with Crippen LogP contribution >= 0.6 is 11.6 Å². The average Bonchev–Trinajstić information content (AvgIpc) is 1.96. The highest BCUT2D eigenvalue weighted by Crippen LogP contribution is 2.30. The van der Waals surface area contributed by atoms with Gasteiger partial charge in [-0.3, -0.25) is 0 Å². The van der Waals surface area contributed by atoms with Gasteiger partial charge in [0.25, 0.3) is 5.92 Å². The number of nitrogens with zero attached hydrogens (tertiary/aromatic N) is 1. The van der Waals surface area contributed by atoms with Crippen molar-refractivity contribution in [3.05, 3.63) is 0 Å². The first-order valence-electron chi connectivity index (χ1n) is 5.09. The number of ether oxygens (including phenoxy) is 1. The molecule has 0 bridgehead atoms. The van der Waals surface area contributed by atoms with Gasteiger partial charge in [0, 0.05) is 13.0 Å². The van der Waals surface area contributed by atoms with E-state index in [1.54, 1.807) is 20.8 Å². The summed E-state index contributed by atoms with van der Waals surface area (Å²) in [4.78, 5) is 12.5. The zero-order chi connectivity index (χ0) is 12.6. The van der Waals surface area contributed by atoms with E-state index in [0.717, 1.165) is 4.90 Å². The molecule has 0 aromatic carbocycles. The van der Waals surface area contributed by atoms with Crippen molar-refractivity contribution in [1.82, 2.24) is 4.90 Å². The Labute approximate surface area is 98.7 Å². The molecule has 94 valence electrons. The predicted molar refractivity (Wildman–Crippen MR) is 57.0 cm³/mol. The van der Waals surface area contributed by atoms with Crippen LogP contribution in [0.2, 0.25) is 0 Å². The number of piperidine rings is 1. The number of likely N-dealkylation sites (tertiary alicyclic amines) is 1. The van der Waals surface area contributed by atoms with Crippen LogP contribution in [0.25, 0.3) is 0 Å². The molecule has 1 rings (SSSR count). The normalized spacial score (nSPS) is 25.4. The lowest BCUT2D eigenvalue weighted by Gasteiger charge is -2.36. The molecule has 3 nitrogen and oxygen atoms in total. The summed E-state index contributed by atoms with van der Waals surface area (Å²) in [6.45, 7) is 4.54. The van der Waals surface area contributed by atoms with Crippen LogP contribution in [0.5, 0.6) is 0 Å². The maximum Gasteiger partial charge on any atom is 0.410 e. The Bertz CT molecular complexity index is 278. The van der Waals surface area contributed by atoms with Crippen molar-refractivity contribution < 1.29 is 18.3 Å². The van der Waals surface area contributed by atoms with Gasteiger partial charge in [-0.1, -0.05) is 0 Å². The van der Waals surface area contributed by atoms with Crippen LogP contribution < -0.4 is 0 Å². The lowest BCUT2D eigenvalue weighted by molar-refractivity contribution is -0.0673. The Balaban J connectivity index is 2.63. The number of hydrogen-bond acceptors (Lipinski definition) is 2. The second kappa shape index (κ2) is 4.35. The second-order valence-electron chi connectivity index (χ2n) is 5.02. The van der Waals surface area contributed by atoms with Crippen molar-refractivity contribution in [3.8, 4) is 0 Å². The fraction of sp³-hybridized carbons (Fsp3) is 0.900. The molecule has 1 amide bonds. The van der Waals surface area contributed by atoms with Gasteiger partial charge in [-0.2, -0.15) is 0 Å². The number of rotatable bonds is 0. The molecular weight excluding hydrogens is 240 g/mol. The number of hydrogen-bond donors (Lipinski definition) is 0. The maximum atomic E-state index is 13.2. The molecule has 1 heterocycles. The standard InChI is InChI=1S/C10H16ClF2NO2/c1-9(2,3)16-8(15)14-5-7(11)4-10(12,13)6-14/h7H,4-6H2,1-3H3. The van der Waals surface area contributed by atoms with Gasteiger partial charge < -0.3 is 9.64 Å². The summed E-state index contributed by atoms with van der Waals surface area (Å²) in [7, 11) is 0. The van der Waals surface area contributed by atoms with Crippen LogP contribution in [0.4, 0.5) is 13.6 Å². The Morgan fingerprint density at radius 2 is 2.06 bits per heavy atom. The van der Waals surface area contributed by atoms with E-state index in [4.69, 9.17) is 16.3 Å². The molecule has 16 heavy (non-hydrogen) atoms. The highest BCUT2D eigenvalue weighted by Gasteiger charge is 2.42. The molecule has 0 aromatic heterocycles. The van der Waals surface area contributed by atoms with Gasteiger partial charge >= 0.3 is 6.09 Å². The van der Waals surface area contributed by atoms with Crippen LogP contribution in [0.15, 0.2) is 0 Å². The van der Waals surface area contributed by atoms with E-state index in [1.807, 2.05) is 0 Å². The molecule has 0 aromatic rings. The second-order valence-corrected chi connectivity index (χ2v) is 5.64. The number of halogens is 3. The van der Waals surface area contributed by atoms with Crippen molar-refractivity contribution in [2.75, 3.05) is 13.1 Å². The van der Waals surface area contributed by atoms with E-state index in [0.29, 0.717) is 0 Å². The van der Waals surface area contributed by atoms with Gasteiger partial charge in [-0.25, -0.2) is 13.6 Å². The smallest absolute Gasteiger partial charge is 0.410 e. The summed E-state index contributed by atoms with van der Waals surface area (Å²) in [5, 5.41) is -0.726. The lowest BCUT2D eigenvalue weighted by Crippen LogP contribution is -2.51. The molecule has 1 fully saturated rings. The van der Waals surface area contributed by atoms with Crippen LogP contribution in [0, 0.1) is 0 Å². The van der Waals surface area contributed by atoms with Gasteiger partial charge in [0.15, 0.2) is 0 Å². The van der Waals surface area contributed by atoms with E-state index in [-0.39, 0.29) is 6.54 Å². The molecule has 0 spiro atoms. The van der Waals surface area contributed by atoms with Gasteiger partial charge in [-0.05, 0) is 20.8 Å². The summed E-state index contributed by atoms with van der Waals surface area (Å²) in [5.41, 5.74) is -0.689. The Morgan fingerprint density at radius 3 is 2.50 bits per heavy atom. The lowest BCUT2D eigenvalue weighted by atomic mass is 10.1. The molecule has 1 saturated heterocycles. The van der Waals surface area contributed by atoms with E-state index >= 15 is 0 Å². The van der Waals surface area contributed by atoms with Gasteiger partial charge in [0.05, 0.1) is 11.9 Å². The number of amides is 1. The maximum absolute atomic E-state index is 13.2. The minimum Gasteiger partial charge on any atom is -0.444 e. The van der Waals surface area contributed by atoms with E-state index in [1.165, 1.54) is 0 Å². The number of carbonyl (C=O) groups is 1. The van der Waals surface area contributed by atoms with Gasteiger partial charge in [0.1, 0.15) is 5.60 Å². The minimum absolute atomic E-state index is 0.103. The average molecular weight is 256 g/mol. The Hall–Kier alpha value is -0.580. The highest BCUT2D eigenvalue weighted by atomic mass is 35.5. The van der Waals surface area contributed by atoms with Gasteiger partial charge in [0.2, 0.25) is 0 Å². The molecule has 0 saturated carbocycles. The summed E-state index contributed by atoms with van der Waals surface area (Å²) in [5.74, 6) is -2.93. The third-order valence-electron chi connectivity index (χ3n) is 2.01. The molecule has 0 radical (unpaired) electrons. The Kier molecular flexibility index (Phi) is 3.67. The fourth-order valence-corrected chi connectivity index (χ4v) is 1.89. The monoisotopic (exact) mass is 255 g/mol. The highest BCUT2D eigenvalue weighted by molar-refractivity contribution is 6.21. The van der Waals surface area contributed by atoms with Crippen LogP contribution in [-0.4, -0.2) is 41.0 Å². The first-order chi connectivity index (χ1) is 7.09. The number of alkyl halides is 3. The molecule has 0 aliphatic carbocycles. The van der Waals surface area contributed by atoms with Crippen molar-refractivity contribution in [1.29, 1.82) is 0 Å². The SMILES string of the molecule is CC(C)(C)OC(=O)N1CC(Cl)CC(F)(F)C1. The molecule has 1 aliphatic rings. The fourth-order valence-electron chi connectivity index (χ4n) is 1.50. The summed E-state index contributed by atoms with van der Waals surface area (Å²) < 4.78 is 31.3. The van der Waals surface area contributed by atoms with Crippen LogP contribution in [0.1, 0.15) is 27.2 Å². The molecule has 0 N–H and O–H groups in total. The summed E-state index contributed by atoms with van der Waals surface area (Å²) >= 11 is 5.68. The molecular formula is C10H16ClF2NO2. The summed E-state index contributed by atoms with van der Waals surface area (Å²) in [6.07, 6.45) is -1.13. The van der Waals surface area contributed by atoms with Crippen molar-refractivity contribution in [2.45, 2.75) is 44.1 Å². The van der Waals surface area contributed by atoms with Crippen LogP contribution in [-0.2, 0) is 4.74 Å². The van der Waals surface area contributed by atoms with E-state index in [2.05, 4.69) is 0 Å². The number of carbonyl (C=O) groups excluding carboxylic acids is 1. The quantitative estimate of drug-likeness (QED) is 0.623. The largest absolute Gasteiger partial charge is 0.444 e. The molecule has 1 unspecified atom stereocenters. The molecule has 6 heteroatoms. The predicted octanol–water partition coefficient (Wildman–Crippen LogP) is 2.87. The zero-order valence-corrected chi connectivity index (χ0v) is 10.4. The van der Waals surface area contributed by atoms with E-state index < -0.39 is 36.0 Å². The molecule has 1 atom stereocenters. The van der Waals surface area contributed by atoms with Crippen molar-refractivity contribution in [2.24, 2.45) is 0 Å². The Morgan fingerprint density at radius 1 is 1.50 bits per heavy atom. The molecule has 1 aliphatic heterocycles. The van der Waals surface area contributed by atoms with E-state index in [9.17, 15) is 13.6 Å². The summed E-state index contributed by atoms with van der Waals surface area (Å²) in [6, 6.07) is 0. The third kappa shape index (κ3) is 4.12. The minimum atomic E-state index is -2.93. The zero-order valence-electron chi connectivity index (χ0n) is 9.60. The first-order valence-corrected chi connectivity index (χ1v) is 5.52. The van der Waals surface area contributed by atoms with Crippen LogP contribution in [0.3, 0.4) is 0 Å². The third-order valence-corrected chi connectivity index (χ3v) is 2.30.